The molecule has 1 saturated heterocycles. The number of carbonyl (C=O) groups excluding carboxylic acids is 1. The van der Waals surface area contributed by atoms with Crippen molar-refractivity contribution in [1.29, 1.82) is 0 Å². The first-order valence-corrected chi connectivity index (χ1v) is 11.7. The Kier molecular flexibility index (Phi) is 6.81. The molecule has 0 saturated carbocycles. The second-order valence-electron chi connectivity index (χ2n) is 6.96. The van der Waals surface area contributed by atoms with Gasteiger partial charge in [-0.15, -0.1) is 11.3 Å². The Morgan fingerprint density at radius 2 is 1.86 bits per heavy atom. The van der Waals surface area contributed by atoms with Crippen LogP contribution in [-0.2, 0) is 14.8 Å². The maximum absolute atomic E-state index is 12.7. The minimum Gasteiger partial charge on any atom is -0.493 e. The molecule has 1 unspecified atom stereocenters. The van der Waals surface area contributed by atoms with Crippen molar-refractivity contribution in [2.45, 2.75) is 30.0 Å². The van der Waals surface area contributed by atoms with Crippen molar-refractivity contribution in [2.24, 2.45) is 5.92 Å². The van der Waals surface area contributed by atoms with Crippen molar-refractivity contribution in [2.75, 3.05) is 27.3 Å². The lowest BCUT2D eigenvalue weighted by molar-refractivity contribution is -0.126. The molecule has 0 aliphatic carbocycles. The smallest absolute Gasteiger partial charge is 0.252 e. The molecule has 1 atom stereocenters. The zero-order valence-corrected chi connectivity index (χ0v) is 18.4. The molecule has 2 heterocycles. The standard InChI is InChI=1S/C20H26N2O5S2/c1-14(16-6-7-17(26-2)18(13-16)27-3)21-20(23)15-8-10-22(11-9-15)29(24,25)19-5-4-12-28-19/h4-7,12-15H,8-11H2,1-3H3,(H,21,23). The quantitative estimate of drug-likeness (QED) is 0.718. The molecular weight excluding hydrogens is 412 g/mol. The number of nitrogens with zero attached hydrogens (tertiary/aromatic N) is 1. The van der Waals surface area contributed by atoms with E-state index in [4.69, 9.17) is 9.47 Å². The van der Waals surface area contributed by atoms with Crippen LogP contribution in [0.2, 0.25) is 0 Å². The maximum Gasteiger partial charge on any atom is 0.252 e. The Morgan fingerprint density at radius 1 is 1.17 bits per heavy atom. The van der Waals surface area contributed by atoms with E-state index in [2.05, 4.69) is 5.32 Å². The Labute approximate surface area is 175 Å². The largest absolute Gasteiger partial charge is 0.493 e. The highest BCUT2D eigenvalue weighted by atomic mass is 32.2. The number of benzene rings is 1. The molecule has 0 bridgehead atoms. The van der Waals surface area contributed by atoms with Gasteiger partial charge in [0.1, 0.15) is 4.21 Å². The highest BCUT2D eigenvalue weighted by Crippen LogP contribution is 2.31. The molecule has 1 aromatic carbocycles. The molecule has 1 amide bonds. The summed E-state index contributed by atoms with van der Waals surface area (Å²) in [5.74, 6) is 0.986. The Hall–Kier alpha value is -2.10. The van der Waals surface area contributed by atoms with Crippen LogP contribution >= 0.6 is 11.3 Å². The Morgan fingerprint density at radius 3 is 2.45 bits per heavy atom. The number of rotatable bonds is 7. The minimum absolute atomic E-state index is 0.0551. The molecule has 1 fully saturated rings. The second kappa shape index (κ2) is 9.15. The number of carbonyl (C=O) groups is 1. The van der Waals surface area contributed by atoms with E-state index in [-0.39, 0.29) is 17.9 Å². The third-order valence-corrected chi connectivity index (χ3v) is 8.45. The summed E-state index contributed by atoms with van der Waals surface area (Å²) < 4.78 is 37.6. The Bertz CT molecular complexity index is 936. The van der Waals surface area contributed by atoms with Gasteiger partial charge < -0.3 is 14.8 Å². The van der Waals surface area contributed by atoms with Gasteiger partial charge in [0, 0.05) is 19.0 Å². The summed E-state index contributed by atoms with van der Waals surface area (Å²) in [6, 6.07) is 8.69. The number of methoxy groups -OCH3 is 2. The first-order valence-electron chi connectivity index (χ1n) is 9.42. The zero-order chi connectivity index (χ0) is 21.0. The van der Waals surface area contributed by atoms with Crippen LogP contribution in [0.1, 0.15) is 31.4 Å². The van der Waals surface area contributed by atoms with E-state index in [1.165, 1.54) is 15.6 Å². The normalized spacial score (nSPS) is 16.9. The van der Waals surface area contributed by atoms with E-state index in [1.807, 2.05) is 25.1 Å². The van der Waals surface area contributed by atoms with E-state index in [9.17, 15) is 13.2 Å². The van der Waals surface area contributed by atoms with Gasteiger partial charge in [-0.25, -0.2) is 8.42 Å². The topological polar surface area (TPSA) is 84.9 Å². The van der Waals surface area contributed by atoms with Crippen LogP contribution < -0.4 is 14.8 Å². The second-order valence-corrected chi connectivity index (χ2v) is 10.1. The number of thiophene rings is 1. The number of ether oxygens (including phenoxy) is 2. The SMILES string of the molecule is COc1ccc(C(C)NC(=O)C2CCN(S(=O)(=O)c3cccs3)CC2)cc1OC. The number of sulfonamides is 1. The van der Waals surface area contributed by atoms with Crippen molar-refractivity contribution in [3.05, 3.63) is 41.3 Å². The van der Waals surface area contributed by atoms with E-state index in [0.29, 0.717) is 41.6 Å². The molecule has 0 spiro atoms. The molecule has 7 nitrogen and oxygen atoms in total. The Balaban J connectivity index is 1.58. The third-order valence-electron chi connectivity index (χ3n) is 5.18. The molecule has 9 heteroatoms. The summed E-state index contributed by atoms with van der Waals surface area (Å²) in [6.07, 6.45) is 1.02. The van der Waals surface area contributed by atoms with Crippen LogP contribution in [0.5, 0.6) is 11.5 Å². The van der Waals surface area contributed by atoms with E-state index in [0.717, 1.165) is 5.56 Å². The van der Waals surface area contributed by atoms with Gasteiger partial charge in [0.05, 0.1) is 20.3 Å². The first kappa shape index (κ1) is 21.6. The molecule has 1 aromatic heterocycles. The van der Waals surface area contributed by atoms with Crippen LogP contribution in [0, 0.1) is 5.92 Å². The number of amides is 1. The average Bonchev–Trinajstić information content (AvgIpc) is 3.29. The molecule has 0 radical (unpaired) electrons. The fourth-order valence-corrected chi connectivity index (χ4v) is 6.05. The van der Waals surface area contributed by atoms with Gasteiger partial charge in [0.25, 0.3) is 10.0 Å². The molecule has 1 N–H and O–H groups in total. The zero-order valence-electron chi connectivity index (χ0n) is 16.8. The van der Waals surface area contributed by atoms with Gasteiger partial charge in [0.15, 0.2) is 11.5 Å². The van der Waals surface area contributed by atoms with Gasteiger partial charge in [0.2, 0.25) is 5.91 Å². The van der Waals surface area contributed by atoms with Gasteiger partial charge in [-0.1, -0.05) is 12.1 Å². The van der Waals surface area contributed by atoms with Crippen molar-refractivity contribution in [1.82, 2.24) is 9.62 Å². The van der Waals surface area contributed by atoms with Crippen molar-refractivity contribution in [3.8, 4) is 11.5 Å². The monoisotopic (exact) mass is 438 g/mol. The highest BCUT2D eigenvalue weighted by molar-refractivity contribution is 7.91. The van der Waals surface area contributed by atoms with Gasteiger partial charge in [-0.3, -0.25) is 4.79 Å². The number of hydrogen-bond donors (Lipinski definition) is 1. The number of hydrogen-bond acceptors (Lipinski definition) is 6. The number of nitrogens with one attached hydrogen (secondary N) is 1. The van der Waals surface area contributed by atoms with Crippen LogP contribution in [0.4, 0.5) is 0 Å². The van der Waals surface area contributed by atoms with E-state index >= 15 is 0 Å². The first-order chi connectivity index (χ1) is 13.9. The van der Waals surface area contributed by atoms with Crippen LogP contribution in [0.3, 0.4) is 0 Å². The number of piperidine rings is 1. The van der Waals surface area contributed by atoms with Gasteiger partial charge in [-0.2, -0.15) is 4.31 Å². The molecule has 3 rings (SSSR count). The molecule has 29 heavy (non-hydrogen) atoms. The lowest BCUT2D eigenvalue weighted by atomic mass is 9.96. The lowest BCUT2D eigenvalue weighted by Crippen LogP contribution is -2.43. The summed E-state index contributed by atoms with van der Waals surface area (Å²) in [6.45, 7) is 2.61. The fraction of sp³-hybridized carbons (Fsp3) is 0.450. The van der Waals surface area contributed by atoms with Crippen molar-refractivity contribution < 1.29 is 22.7 Å². The molecular formula is C20H26N2O5S2. The minimum atomic E-state index is -3.45. The average molecular weight is 439 g/mol. The van der Waals surface area contributed by atoms with E-state index < -0.39 is 10.0 Å². The van der Waals surface area contributed by atoms with Crippen molar-refractivity contribution >= 4 is 27.3 Å². The van der Waals surface area contributed by atoms with Crippen LogP contribution in [0.25, 0.3) is 0 Å². The summed E-state index contributed by atoms with van der Waals surface area (Å²) in [5.41, 5.74) is 0.911. The lowest BCUT2D eigenvalue weighted by Gasteiger charge is -2.30. The van der Waals surface area contributed by atoms with Crippen LogP contribution in [0.15, 0.2) is 39.9 Å². The highest BCUT2D eigenvalue weighted by Gasteiger charge is 2.33. The fourth-order valence-electron chi connectivity index (χ4n) is 3.43. The molecule has 2 aromatic rings. The third kappa shape index (κ3) is 4.73. The predicted molar refractivity (Wildman–Crippen MR) is 112 cm³/mol. The van der Waals surface area contributed by atoms with Crippen LogP contribution in [-0.4, -0.2) is 45.9 Å². The maximum atomic E-state index is 12.7. The van der Waals surface area contributed by atoms with Gasteiger partial charge >= 0.3 is 0 Å². The van der Waals surface area contributed by atoms with Crippen molar-refractivity contribution in [3.63, 3.8) is 0 Å². The summed E-state index contributed by atoms with van der Waals surface area (Å²) in [5, 5.41) is 4.79. The summed E-state index contributed by atoms with van der Waals surface area (Å²) in [7, 11) is -0.304. The molecule has 1 aliphatic rings. The van der Waals surface area contributed by atoms with E-state index in [1.54, 1.807) is 31.7 Å². The molecule has 158 valence electrons. The summed E-state index contributed by atoms with van der Waals surface area (Å²) >= 11 is 1.21. The predicted octanol–water partition coefficient (Wildman–Crippen LogP) is 3.04. The van der Waals surface area contributed by atoms with Gasteiger partial charge in [-0.05, 0) is 48.9 Å². The summed E-state index contributed by atoms with van der Waals surface area (Å²) in [4.78, 5) is 12.7. The molecule has 1 aliphatic heterocycles.